The second-order valence-corrected chi connectivity index (χ2v) is 16.3. The van der Waals surface area contributed by atoms with Gasteiger partial charge in [-0.2, -0.15) is 0 Å². The molecular formula is C41H76NO11P. The number of allylic oxidation sites excluding steroid dienone is 1. The summed E-state index contributed by atoms with van der Waals surface area (Å²) in [5.41, 5.74) is 5.33. The molecule has 316 valence electrons. The smallest absolute Gasteiger partial charge is 0.462 e. The van der Waals surface area contributed by atoms with Gasteiger partial charge in [-0.3, -0.25) is 18.6 Å². The van der Waals surface area contributed by atoms with Crippen LogP contribution in [0.1, 0.15) is 162 Å². The number of esters is 2. The molecule has 1 aliphatic rings. The minimum absolute atomic E-state index is 0.00443. The highest BCUT2D eigenvalue weighted by Crippen LogP contribution is 2.43. The van der Waals surface area contributed by atoms with Crippen molar-refractivity contribution in [2.45, 2.75) is 186 Å². The third-order valence-electron chi connectivity index (χ3n) is 9.94. The van der Waals surface area contributed by atoms with E-state index in [0.717, 1.165) is 38.5 Å². The lowest BCUT2D eigenvalue weighted by atomic mass is 9.89. The van der Waals surface area contributed by atoms with Gasteiger partial charge in [0.1, 0.15) is 6.61 Å². The second-order valence-electron chi connectivity index (χ2n) is 14.9. The molecule has 1 aliphatic carbocycles. The van der Waals surface area contributed by atoms with Gasteiger partial charge in [-0.05, 0) is 25.2 Å². The fourth-order valence-corrected chi connectivity index (χ4v) is 7.49. The van der Waals surface area contributed by atoms with Gasteiger partial charge in [0.2, 0.25) is 0 Å². The first kappa shape index (κ1) is 50.4. The lowest BCUT2D eigenvalue weighted by molar-refractivity contribution is -0.160. The van der Waals surface area contributed by atoms with Crippen molar-refractivity contribution in [3.05, 3.63) is 24.3 Å². The van der Waals surface area contributed by atoms with Crippen LogP contribution >= 0.6 is 7.82 Å². The van der Waals surface area contributed by atoms with E-state index in [1.165, 1.54) is 70.6 Å². The normalized spacial score (nSPS) is 21.1. The molecule has 12 nitrogen and oxygen atoms in total. The number of ether oxygens (including phenoxy) is 2. The van der Waals surface area contributed by atoms with E-state index < -0.39 is 50.8 Å². The maximum Gasteiger partial charge on any atom is 0.472 e. The summed E-state index contributed by atoms with van der Waals surface area (Å²) in [5, 5.41) is 31.3. The number of phosphoric acid groups is 1. The number of aliphatic hydroxyl groups excluding tert-OH is 3. The van der Waals surface area contributed by atoms with Gasteiger partial charge in [-0.25, -0.2) is 4.57 Å². The van der Waals surface area contributed by atoms with E-state index in [1.807, 2.05) is 0 Å². The van der Waals surface area contributed by atoms with E-state index in [-0.39, 0.29) is 50.9 Å². The molecule has 0 heterocycles. The Morgan fingerprint density at radius 3 is 1.94 bits per heavy atom. The molecule has 1 unspecified atom stereocenters. The Morgan fingerprint density at radius 1 is 0.778 bits per heavy atom. The second kappa shape index (κ2) is 32.5. The number of carbonyl (C=O) groups excluding carboxylic acids is 2. The zero-order valence-corrected chi connectivity index (χ0v) is 34.4. The summed E-state index contributed by atoms with van der Waals surface area (Å²) < 4.78 is 32.7. The van der Waals surface area contributed by atoms with E-state index in [9.17, 15) is 34.4 Å². The zero-order valence-electron chi connectivity index (χ0n) is 33.5. The molecule has 1 rings (SSSR count). The average molecular weight is 790 g/mol. The van der Waals surface area contributed by atoms with Crippen molar-refractivity contribution < 1.29 is 52.9 Å². The lowest BCUT2D eigenvalue weighted by Crippen LogP contribution is -2.29. The van der Waals surface area contributed by atoms with Crippen LogP contribution in [0.15, 0.2) is 24.3 Å². The van der Waals surface area contributed by atoms with E-state index in [4.69, 9.17) is 24.3 Å². The average Bonchev–Trinajstić information content (AvgIpc) is 3.41. The van der Waals surface area contributed by atoms with Crippen molar-refractivity contribution in [1.29, 1.82) is 0 Å². The molecule has 0 aromatic heterocycles. The number of carbonyl (C=O) groups is 2. The van der Waals surface area contributed by atoms with Crippen LogP contribution in [0.3, 0.4) is 0 Å². The van der Waals surface area contributed by atoms with Gasteiger partial charge in [0.05, 0.1) is 37.9 Å². The number of unbranched alkanes of at least 4 members (excludes halogenated alkanes) is 16. The number of nitrogens with two attached hydrogens (primary N) is 1. The standard InChI is InChI=1S/C41H76NO11P/c1-3-5-7-8-9-10-11-12-13-14-15-16-17-18-20-25-40(46)50-32-35(33-52-54(48,49)51-30-29-42)53-41(47)26-22-21-24-36-37(39(45)31-38(36)44)28-27-34(43)23-19-6-4-2/h21-22,27-28,34-39,43-45H,3-20,23-26,29-33,42H2,1-2H3,(H,48,49)/b22-21-,28-27+/t34-,35-,36+,37-,38+,39-/m1/s1. The first-order chi connectivity index (χ1) is 26.0. The first-order valence-electron chi connectivity index (χ1n) is 21.1. The van der Waals surface area contributed by atoms with E-state index >= 15 is 0 Å². The number of phosphoric ester groups is 1. The number of aliphatic hydroxyl groups is 3. The molecule has 7 atom stereocenters. The summed E-state index contributed by atoms with van der Waals surface area (Å²) in [6.45, 7) is 3.25. The van der Waals surface area contributed by atoms with Crippen LogP contribution in [0.5, 0.6) is 0 Å². The van der Waals surface area contributed by atoms with Gasteiger partial charge in [0.25, 0.3) is 0 Å². The molecule has 0 aliphatic heterocycles. The van der Waals surface area contributed by atoms with Crippen LogP contribution in [-0.2, 0) is 32.7 Å². The highest BCUT2D eigenvalue weighted by molar-refractivity contribution is 7.47. The molecule has 0 saturated heterocycles. The van der Waals surface area contributed by atoms with Crippen LogP contribution in [0.2, 0.25) is 0 Å². The Balaban J connectivity index is 2.47. The molecule has 0 amide bonds. The minimum Gasteiger partial charge on any atom is -0.462 e. The third-order valence-corrected chi connectivity index (χ3v) is 10.9. The van der Waals surface area contributed by atoms with Crippen molar-refractivity contribution in [3.8, 4) is 0 Å². The van der Waals surface area contributed by atoms with Gasteiger partial charge in [-0.1, -0.05) is 147 Å². The lowest BCUT2D eigenvalue weighted by Gasteiger charge is -2.20. The molecule has 0 bridgehead atoms. The molecule has 54 heavy (non-hydrogen) atoms. The van der Waals surface area contributed by atoms with E-state index in [1.54, 1.807) is 24.3 Å². The molecule has 0 aromatic rings. The molecule has 13 heteroatoms. The third kappa shape index (κ3) is 26.3. The minimum atomic E-state index is -4.47. The molecule has 0 aromatic carbocycles. The summed E-state index contributed by atoms with van der Waals surface area (Å²) in [6, 6.07) is 0. The fourth-order valence-electron chi connectivity index (χ4n) is 6.73. The van der Waals surface area contributed by atoms with Crippen molar-refractivity contribution in [2.75, 3.05) is 26.4 Å². The summed E-state index contributed by atoms with van der Waals surface area (Å²) in [5.74, 6) is -1.75. The van der Waals surface area contributed by atoms with Crippen molar-refractivity contribution >= 4 is 19.8 Å². The summed E-state index contributed by atoms with van der Waals surface area (Å²) in [4.78, 5) is 35.1. The molecule has 0 spiro atoms. The maximum absolute atomic E-state index is 12.7. The molecule has 1 saturated carbocycles. The topological polar surface area (TPSA) is 195 Å². The summed E-state index contributed by atoms with van der Waals surface area (Å²) in [6.07, 6.45) is 26.2. The van der Waals surface area contributed by atoms with E-state index in [2.05, 4.69) is 13.8 Å². The van der Waals surface area contributed by atoms with Gasteiger partial charge < -0.3 is 35.4 Å². The number of hydrogen-bond acceptors (Lipinski definition) is 11. The monoisotopic (exact) mass is 790 g/mol. The Labute approximate surface area is 326 Å². The molecule has 1 fully saturated rings. The zero-order chi connectivity index (χ0) is 39.9. The van der Waals surface area contributed by atoms with Gasteiger partial charge >= 0.3 is 19.8 Å². The van der Waals surface area contributed by atoms with Crippen LogP contribution < -0.4 is 5.73 Å². The summed E-state index contributed by atoms with van der Waals surface area (Å²) >= 11 is 0. The SMILES string of the molecule is CCCCCCCCCCCCCCCCCC(=O)OC[C@H](COP(=O)(O)OCCN)OC(=O)C/C=C\C[C@H]1[C@@H](/C=C/[C@H](O)CCCCC)[C@H](O)C[C@@H]1O. The quantitative estimate of drug-likeness (QED) is 0.0180. The van der Waals surface area contributed by atoms with Crippen LogP contribution in [0, 0.1) is 11.8 Å². The maximum atomic E-state index is 12.7. The van der Waals surface area contributed by atoms with Gasteiger partial charge in [0, 0.05) is 25.3 Å². The summed E-state index contributed by atoms with van der Waals surface area (Å²) in [7, 11) is -4.47. The highest BCUT2D eigenvalue weighted by Gasteiger charge is 2.39. The number of hydrogen-bond donors (Lipinski definition) is 5. The van der Waals surface area contributed by atoms with Crippen LogP contribution in [0.25, 0.3) is 0 Å². The number of rotatable bonds is 35. The molecule has 0 radical (unpaired) electrons. The van der Waals surface area contributed by atoms with Gasteiger partial charge in [0.15, 0.2) is 6.10 Å². The Hall–Kier alpha value is -1.63. The molecule has 6 N–H and O–H groups in total. The Bertz CT molecular complexity index is 1060. The predicted octanol–water partition coefficient (Wildman–Crippen LogP) is 7.99. The van der Waals surface area contributed by atoms with Gasteiger partial charge in [-0.15, -0.1) is 0 Å². The van der Waals surface area contributed by atoms with E-state index in [0.29, 0.717) is 19.3 Å². The van der Waals surface area contributed by atoms with Crippen molar-refractivity contribution in [2.24, 2.45) is 17.6 Å². The predicted molar refractivity (Wildman–Crippen MR) is 212 cm³/mol. The van der Waals surface area contributed by atoms with Crippen LogP contribution in [-0.4, -0.2) is 82.9 Å². The first-order valence-corrected chi connectivity index (χ1v) is 22.6. The Kier molecular flexibility index (Phi) is 30.3. The van der Waals surface area contributed by atoms with Crippen molar-refractivity contribution in [3.63, 3.8) is 0 Å². The van der Waals surface area contributed by atoms with Crippen molar-refractivity contribution in [1.82, 2.24) is 0 Å². The highest BCUT2D eigenvalue weighted by atomic mass is 31.2. The largest absolute Gasteiger partial charge is 0.472 e. The molecular weight excluding hydrogens is 713 g/mol. The van der Waals surface area contributed by atoms with Crippen LogP contribution in [0.4, 0.5) is 0 Å². The fraction of sp³-hybridized carbons (Fsp3) is 0.854. The Morgan fingerprint density at radius 2 is 1.35 bits per heavy atom.